The first kappa shape index (κ1) is 8.54. The molecule has 0 bridgehead atoms. The Hall–Kier alpha value is -1.05. The van der Waals surface area contributed by atoms with Crippen LogP contribution in [0.25, 0.3) is 12.2 Å². The molecule has 1 N–H and O–H groups in total. The fraction of sp³-hybridized carbons (Fsp3) is 0.545. The number of nitrogens with one attached hydrogen (secondary N) is 1. The Kier molecular flexibility index (Phi) is 1.79. The van der Waals surface area contributed by atoms with Crippen molar-refractivity contribution in [2.24, 2.45) is 0 Å². The van der Waals surface area contributed by atoms with Gasteiger partial charge in [0.1, 0.15) is 5.82 Å². The number of aromatic nitrogens is 2. The van der Waals surface area contributed by atoms with Gasteiger partial charge in [-0.3, -0.25) is 0 Å². The second-order valence-corrected chi connectivity index (χ2v) is 4.62. The quantitative estimate of drug-likeness (QED) is 0.629. The van der Waals surface area contributed by atoms with Crippen molar-refractivity contribution in [1.29, 1.82) is 0 Å². The maximum absolute atomic E-state index is 4.58. The number of nitrogens with zero attached hydrogens (tertiary/aromatic N) is 1. The Bertz CT molecular complexity index is 384. The van der Waals surface area contributed by atoms with Gasteiger partial charge in [0.05, 0.1) is 10.7 Å². The van der Waals surface area contributed by atoms with Gasteiger partial charge in [-0.1, -0.05) is 32.9 Å². The van der Waals surface area contributed by atoms with Crippen LogP contribution in [0.4, 0.5) is 0 Å². The summed E-state index contributed by atoms with van der Waals surface area (Å²) in [7, 11) is 0. The first-order chi connectivity index (χ1) is 6.07. The molecule has 13 heavy (non-hydrogen) atoms. The Morgan fingerprint density at radius 3 is 2.54 bits per heavy atom. The van der Waals surface area contributed by atoms with Crippen molar-refractivity contribution < 1.29 is 0 Å². The molecule has 1 aromatic heterocycles. The van der Waals surface area contributed by atoms with Crippen molar-refractivity contribution in [2.75, 3.05) is 0 Å². The van der Waals surface area contributed by atoms with Crippen LogP contribution in [-0.4, -0.2) is 9.97 Å². The maximum Gasteiger partial charge on any atom is 0.112 e. The zero-order valence-electron chi connectivity index (χ0n) is 8.52. The Morgan fingerprint density at radius 2 is 1.92 bits per heavy atom. The largest absolute Gasteiger partial charge is 0.342 e. The van der Waals surface area contributed by atoms with E-state index in [1.54, 1.807) is 0 Å². The lowest BCUT2D eigenvalue weighted by atomic mass is 9.96. The highest BCUT2D eigenvalue weighted by molar-refractivity contribution is 5.33. The van der Waals surface area contributed by atoms with Gasteiger partial charge in [-0.2, -0.15) is 0 Å². The summed E-state index contributed by atoms with van der Waals surface area (Å²) in [6.07, 6.45) is 6.71. The van der Waals surface area contributed by atoms with Crippen molar-refractivity contribution in [1.82, 2.24) is 9.97 Å². The van der Waals surface area contributed by atoms with Gasteiger partial charge in [0.15, 0.2) is 0 Å². The molecule has 0 atom stereocenters. The summed E-state index contributed by atoms with van der Waals surface area (Å²) in [5.41, 5.74) is 0.124. The highest BCUT2D eigenvalue weighted by Crippen LogP contribution is 2.15. The first-order valence-electron chi connectivity index (χ1n) is 4.84. The van der Waals surface area contributed by atoms with Gasteiger partial charge in [-0.15, -0.1) is 0 Å². The van der Waals surface area contributed by atoms with Crippen molar-refractivity contribution in [3.63, 3.8) is 0 Å². The predicted molar refractivity (Wildman–Crippen MR) is 54.7 cm³/mol. The van der Waals surface area contributed by atoms with E-state index in [1.165, 1.54) is 5.35 Å². The molecular weight excluding hydrogens is 160 g/mol. The van der Waals surface area contributed by atoms with Crippen LogP contribution in [0.5, 0.6) is 0 Å². The number of fused-ring (bicyclic) bond motifs is 1. The summed E-state index contributed by atoms with van der Waals surface area (Å²) in [6, 6.07) is 0. The molecule has 0 amide bonds. The summed E-state index contributed by atoms with van der Waals surface area (Å²) in [6.45, 7) is 6.53. The van der Waals surface area contributed by atoms with Gasteiger partial charge < -0.3 is 4.98 Å². The molecule has 0 radical (unpaired) electrons. The van der Waals surface area contributed by atoms with Crippen LogP contribution < -0.4 is 10.7 Å². The van der Waals surface area contributed by atoms with Crippen LogP contribution in [0, 0.1) is 0 Å². The minimum atomic E-state index is 0.124. The van der Waals surface area contributed by atoms with Gasteiger partial charge in [0.2, 0.25) is 0 Å². The molecule has 0 saturated carbocycles. The maximum atomic E-state index is 4.58. The standard InChI is InChI=1S/C11H16N2/c1-11(2,3)10-12-8-6-4-5-7-9(8)13-10/h6-7H,4-5H2,1-3H3,(H,12,13). The Morgan fingerprint density at radius 1 is 1.23 bits per heavy atom. The van der Waals surface area contributed by atoms with E-state index in [-0.39, 0.29) is 5.41 Å². The summed E-state index contributed by atoms with van der Waals surface area (Å²) in [5.74, 6) is 1.09. The minimum Gasteiger partial charge on any atom is -0.342 e. The number of H-pyrrole nitrogens is 1. The number of imidazole rings is 1. The molecule has 0 aliphatic heterocycles. The molecule has 0 aromatic carbocycles. The molecule has 70 valence electrons. The number of hydrogen-bond donors (Lipinski definition) is 1. The Labute approximate surface area is 78.4 Å². The van der Waals surface area contributed by atoms with E-state index in [4.69, 9.17) is 0 Å². The summed E-state index contributed by atoms with van der Waals surface area (Å²) >= 11 is 0. The molecule has 2 rings (SSSR count). The van der Waals surface area contributed by atoms with Crippen molar-refractivity contribution in [2.45, 2.75) is 39.0 Å². The van der Waals surface area contributed by atoms with Crippen LogP contribution in [0.2, 0.25) is 0 Å². The van der Waals surface area contributed by atoms with Crippen LogP contribution in [0.1, 0.15) is 39.4 Å². The van der Waals surface area contributed by atoms with Crippen molar-refractivity contribution in [3.8, 4) is 0 Å². The molecule has 1 aliphatic rings. The third-order valence-electron chi connectivity index (χ3n) is 2.32. The number of hydrogen-bond acceptors (Lipinski definition) is 1. The van der Waals surface area contributed by atoms with Crippen molar-refractivity contribution in [3.05, 3.63) is 16.5 Å². The second-order valence-electron chi connectivity index (χ2n) is 4.62. The first-order valence-corrected chi connectivity index (χ1v) is 4.84. The molecule has 0 fully saturated rings. The van der Waals surface area contributed by atoms with E-state index in [9.17, 15) is 0 Å². The molecular formula is C11H16N2. The minimum absolute atomic E-state index is 0.124. The van der Waals surface area contributed by atoms with Crippen LogP contribution in [0.15, 0.2) is 0 Å². The molecule has 0 spiro atoms. The average molecular weight is 176 g/mol. The van der Waals surface area contributed by atoms with Crippen LogP contribution >= 0.6 is 0 Å². The van der Waals surface area contributed by atoms with E-state index < -0.39 is 0 Å². The van der Waals surface area contributed by atoms with Gasteiger partial charge in [-0.05, 0) is 12.8 Å². The average Bonchev–Trinajstić information content (AvgIpc) is 2.45. The monoisotopic (exact) mass is 176 g/mol. The van der Waals surface area contributed by atoms with Gasteiger partial charge in [0, 0.05) is 5.41 Å². The highest BCUT2D eigenvalue weighted by atomic mass is 14.9. The number of aromatic amines is 1. The molecule has 2 nitrogen and oxygen atoms in total. The predicted octanol–water partition coefficient (Wildman–Crippen LogP) is 1.06. The van der Waals surface area contributed by atoms with Crippen LogP contribution in [0.3, 0.4) is 0 Å². The SMILES string of the molecule is CC(C)(C)c1nc2c([nH]1)=CCCC=2. The lowest BCUT2D eigenvalue weighted by Crippen LogP contribution is -2.26. The lowest BCUT2D eigenvalue weighted by molar-refractivity contribution is 0.551. The molecule has 1 aliphatic carbocycles. The van der Waals surface area contributed by atoms with E-state index >= 15 is 0 Å². The van der Waals surface area contributed by atoms with Gasteiger partial charge in [0.25, 0.3) is 0 Å². The topological polar surface area (TPSA) is 28.7 Å². The molecule has 1 heterocycles. The highest BCUT2D eigenvalue weighted by Gasteiger charge is 2.17. The molecule has 1 aromatic rings. The van der Waals surface area contributed by atoms with E-state index in [0.29, 0.717) is 0 Å². The number of rotatable bonds is 0. The fourth-order valence-corrected chi connectivity index (χ4v) is 1.51. The van der Waals surface area contributed by atoms with Crippen molar-refractivity contribution >= 4 is 12.2 Å². The third-order valence-corrected chi connectivity index (χ3v) is 2.32. The summed E-state index contributed by atoms with van der Waals surface area (Å²) in [5, 5.41) is 2.34. The zero-order valence-corrected chi connectivity index (χ0v) is 8.52. The van der Waals surface area contributed by atoms with Gasteiger partial charge in [-0.25, -0.2) is 4.98 Å². The smallest absolute Gasteiger partial charge is 0.112 e. The lowest BCUT2D eigenvalue weighted by Gasteiger charge is -2.13. The second kappa shape index (κ2) is 2.72. The van der Waals surface area contributed by atoms with E-state index in [1.807, 2.05) is 0 Å². The molecule has 2 heteroatoms. The third kappa shape index (κ3) is 1.53. The normalized spacial score (nSPS) is 15.9. The molecule has 0 saturated heterocycles. The zero-order chi connectivity index (χ0) is 9.47. The summed E-state index contributed by atoms with van der Waals surface area (Å²) < 4.78 is 0. The Balaban J connectivity index is 2.61. The molecule has 0 unspecified atom stereocenters. The van der Waals surface area contributed by atoms with Gasteiger partial charge >= 0.3 is 0 Å². The fourth-order valence-electron chi connectivity index (χ4n) is 1.51. The van der Waals surface area contributed by atoms with E-state index in [2.05, 4.69) is 42.9 Å². The summed E-state index contributed by atoms with van der Waals surface area (Å²) in [4.78, 5) is 7.96. The van der Waals surface area contributed by atoms with E-state index in [0.717, 1.165) is 24.0 Å². The van der Waals surface area contributed by atoms with Crippen LogP contribution in [-0.2, 0) is 5.41 Å².